The Hall–Kier alpha value is -3.41. The number of imide groups is 1. The highest BCUT2D eigenvalue weighted by atomic mass is 16.4. The minimum absolute atomic E-state index is 0.0161. The van der Waals surface area contributed by atoms with Crippen LogP contribution in [0.3, 0.4) is 0 Å². The predicted molar refractivity (Wildman–Crippen MR) is 87.7 cm³/mol. The van der Waals surface area contributed by atoms with Crippen molar-refractivity contribution in [2.75, 3.05) is 0 Å². The Balaban J connectivity index is 1.73. The molecule has 1 atom stereocenters. The van der Waals surface area contributed by atoms with Crippen LogP contribution in [-0.2, 0) is 11.2 Å². The molecule has 1 aliphatic rings. The molecule has 1 aliphatic heterocycles. The van der Waals surface area contributed by atoms with Gasteiger partial charge in [-0.15, -0.1) is 0 Å². The summed E-state index contributed by atoms with van der Waals surface area (Å²) < 4.78 is 0. The van der Waals surface area contributed by atoms with E-state index in [-0.39, 0.29) is 17.5 Å². The van der Waals surface area contributed by atoms with Gasteiger partial charge in [-0.1, -0.05) is 30.3 Å². The van der Waals surface area contributed by atoms with Crippen molar-refractivity contribution in [3.63, 3.8) is 0 Å². The zero-order valence-corrected chi connectivity index (χ0v) is 13.1. The number of nitrogens with one attached hydrogen (secondary N) is 1. The number of hydrogen-bond donors (Lipinski definition) is 1. The fraction of sp³-hybridized carbons (Fsp3) is 0.105. The van der Waals surface area contributed by atoms with Crippen LogP contribution in [0.15, 0.2) is 54.7 Å². The van der Waals surface area contributed by atoms with Crippen molar-refractivity contribution in [1.29, 1.82) is 0 Å². The first kappa shape index (κ1) is 15.1. The summed E-state index contributed by atoms with van der Waals surface area (Å²) in [5.74, 6) is -2.66. The highest BCUT2D eigenvalue weighted by Crippen LogP contribution is 2.27. The first-order chi connectivity index (χ1) is 12.1. The number of rotatable bonds is 4. The van der Waals surface area contributed by atoms with Crippen molar-refractivity contribution < 1.29 is 19.5 Å². The van der Waals surface area contributed by atoms with Gasteiger partial charge in [-0.05, 0) is 23.8 Å². The van der Waals surface area contributed by atoms with Crippen molar-refractivity contribution in [3.8, 4) is 0 Å². The van der Waals surface area contributed by atoms with Crippen LogP contribution in [0.2, 0.25) is 0 Å². The summed E-state index contributed by atoms with van der Waals surface area (Å²) in [6, 6.07) is 12.4. The molecule has 2 amide bonds. The summed E-state index contributed by atoms with van der Waals surface area (Å²) in [7, 11) is 0. The molecule has 3 aromatic rings. The molecule has 0 spiro atoms. The second kappa shape index (κ2) is 5.59. The maximum atomic E-state index is 12.6. The fourth-order valence-electron chi connectivity index (χ4n) is 3.28. The standard InChI is InChI=1S/C19H14N2O4/c22-17-13-6-1-2-7-14(13)18(23)21(17)16(19(24)25)9-11-10-20-15-8-4-3-5-12(11)15/h1-8,10,16,20H,9H2,(H,24,25)/p-1/t16-/m0/s1. The number of aromatic nitrogens is 1. The molecule has 6 heteroatoms. The molecule has 1 N–H and O–H groups in total. The lowest BCUT2D eigenvalue weighted by Crippen LogP contribution is -2.51. The van der Waals surface area contributed by atoms with Crippen LogP contribution in [0.25, 0.3) is 10.9 Å². The number of H-pyrrole nitrogens is 1. The third-order valence-corrected chi connectivity index (χ3v) is 4.50. The number of benzene rings is 2. The summed E-state index contributed by atoms with van der Waals surface area (Å²) in [5.41, 5.74) is 2.01. The summed E-state index contributed by atoms with van der Waals surface area (Å²) in [6.07, 6.45) is 1.68. The number of amides is 2. The lowest BCUT2D eigenvalue weighted by molar-refractivity contribution is -0.310. The number of nitrogens with zero attached hydrogens (tertiary/aromatic N) is 1. The second-order valence-corrected chi connectivity index (χ2v) is 5.92. The Kier molecular flexibility index (Phi) is 3.39. The van der Waals surface area contributed by atoms with Crippen LogP contribution in [-0.4, -0.2) is 33.7 Å². The van der Waals surface area contributed by atoms with Crippen LogP contribution < -0.4 is 5.11 Å². The third kappa shape index (κ3) is 2.30. The number of carbonyl (C=O) groups excluding carboxylic acids is 3. The number of fused-ring (bicyclic) bond motifs is 2. The quantitative estimate of drug-likeness (QED) is 0.724. The van der Waals surface area contributed by atoms with Crippen molar-refractivity contribution >= 4 is 28.7 Å². The first-order valence-electron chi connectivity index (χ1n) is 7.80. The predicted octanol–water partition coefficient (Wildman–Crippen LogP) is 1.13. The van der Waals surface area contributed by atoms with Crippen molar-refractivity contribution in [2.24, 2.45) is 0 Å². The van der Waals surface area contributed by atoms with Crippen LogP contribution in [0.4, 0.5) is 0 Å². The molecular formula is C19H13N2O4-. The van der Waals surface area contributed by atoms with Gasteiger partial charge in [-0.25, -0.2) is 0 Å². The Morgan fingerprint density at radius 1 is 1.00 bits per heavy atom. The smallest absolute Gasteiger partial charge is 0.262 e. The molecule has 2 aromatic carbocycles. The number of carboxylic acids is 1. The molecule has 0 fully saturated rings. The zero-order valence-electron chi connectivity index (χ0n) is 13.1. The second-order valence-electron chi connectivity index (χ2n) is 5.92. The highest BCUT2D eigenvalue weighted by molar-refractivity contribution is 6.22. The molecule has 0 aliphatic carbocycles. The number of para-hydroxylation sites is 1. The van der Waals surface area contributed by atoms with Gasteiger partial charge in [-0.2, -0.15) is 0 Å². The van der Waals surface area contributed by atoms with Gasteiger partial charge in [-0.3, -0.25) is 14.5 Å². The molecule has 1 aromatic heterocycles. The number of aliphatic carboxylic acids is 1. The maximum absolute atomic E-state index is 12.6. The summed E-state index contributed by atoms with van der Waals surface area (Å²) in [5, 5.41) is 12.6. The lowest BCUT2D eigenvalue weighted by Gasteiger charge is -2.27. The Labute approximate surface area is 142 Å². The van der Waals surface area contributed by atoms with Gasteiger partial charge in [0.05, 0.1) is 23.1 Å². The summed E-state index contributed by atoms with van der Waals surface area (Å²) >= 11 is 0. The first-order valence-corrected chi connectivity index (χ1v) is 7.80. The summed E-state index contributed by atoms with van der Waals surface area (Å²) in [6.45, 7) is 0. The summed E-state index contributed by atoms with van der Waals surface area (Å²) in [4.78, 5) is 40.7. The van der Waals surface area contributed by atoms with Gasteiger partial charge in [0.2, 0.25) is 0 Å². The molecule has 0 saturated heterocycles. The highest BCUT2D eigenvalue weighted by Gasteiger charge is 2.40. The van der Waals surface area contributed by atoms with E-state index in [4.69, 9.17) is 0 Å². The van der Waals surface area contributed by atoms with E-state index in [0.717, 1.165) is 15.8 Å². The van der Waals surface area contributed by atoms with E-state index in [9.17, 15) is 19.5 Å². The molecule has 124 valence electrons. The minimum Gasteiger partial charge on any atom is -0.548 e. The molecule has 4 rings (SSSR count). The average Bonchev–Trinajstić information content (AvgIpc) is 3.13. The van der Waals surface area contributed by atoms with Crippen molar-refractivity contribution in [3.05, 3.63) is 71.4 Å². The number of carbonyl (C=O) groups is 3. The molecule has 2 heterocycles. The van der Waals surface area contributed by atoms with Crippen LogP contribution in [0, 0.1) is 0 Å². The Bertz CT molecular complexity index is 986. The Morgan fingerprint density at radius 3 is 2.24 bits per heavy atom. The topological polar surface area (TPSA) is 93.3 Å². The van der Waals surface area contributed by atoms with Gasteiger partial charge in [0.1, 0.15) is 0 Å². The minimum atomic E-state index is -1.46. The van der Waals surface area contributed by atoms with Gasteiger partial charge < -0.3 is 14.9 Å². The van der Waals surface area contributed by atoms with E-state index in [1.54, 1.807) is 18.3 Å². The van der Waals surface area contributed by atoms with Gasteiger partial charge in [0, 0.05) is 23.5 Å². The van der Waals surface area contributed by atoms with Crippen LogP contribution in [0.5, 0.6) is 0 Å². The van der Waals surface area contributed by atoms with Crippen LogP contribution >= 0.6 is 0 Å². The number of carboxylic acid groups (broad SMARTS) is 1. The Morgan fingerprint density at radius 2 is 1.60 bits per heavy atom. The molecule has 0 unspecified atom stereocenters. The zero-order chi connectivity index (χ0) is 17.6. The number of hydrogen-bond acceptors (Lipinski definition) is 4. The third-order valence-electron chi connectivity index (χ3n) is 4.50. The van der Waals surface area contributed by atoms with E-state index in [2.05, 4.69) is 4.98 Å². The largest absolute Gasteiger partial charge is 0.548 e. The van der Waals surface area contributed by atoms with Crippen molar-refractivity contribution in [2.45, 2.75) is 12.5 Å². The van der Waals surface area contributed by atoms with E-state index in [0.29, 0.717) is 5.56 Å². The molecular weight excluding hydrogens is 320 g/mol. The van der Waals surface area contributed by atoms with E-state index < -0.39 is 23.8 Å². The van der Waals surface area contributed by atoms with Gasteiger partial charge in [0.15, 0.2) is 0 Å². The van der Waals surface area contributed by atoms with E-state index in [1.807, 2.05) is 24.3 Å². The van der Waals surface area contributed by atoms with E-state index in [1.165, 1.54) is 12.1 Å². The normalized spacial score (nSPS) is 14.8. The molecule has 0 bridgehead atoms. The SMILES string of the molecule is O=C([O-])[C@H](Cc1c[nH]c2ccccc12)N1C(=O)c2ccccc2C1=O. The lowest BCUT2D eigenvalue weighted by atomic mass is 10.0. The fourth-order valence-corrected chi connectivity index (χ4v) is 3.28. The molecule has 6 nitrogen and oxygen atoms in total. The van der Waals surface area contributed by atoms with E-state index >= 15 is 0 Å². The van der Waals surface area contributed by atoms with Gasteiger partial charge in [0.25, 0.3) is 11.8 Å². The number of aromatic amines is 1. The van der Waals surface area contributed by atoms with Gasteiger partial charge >= 0.3 is 0 Å². The van der Waals surface area contributed by atoms with Crippen LogP contribution in [0.1, 0.15) is 26.3 Å². The molecule has 25 heavy (non-hydrogen) atoms. The average molecular weight is 333 g/mol. The monoisotopic (exact) mass is 333 g/mol. The van der Waals surface area contributed by atoms with Crippen molar-refractivity contribution in [1.82, 2.24) is 9.88 Å². The maximum Gasteiger partial charge on any atom is 0.262 e. The molecule has 0 saturated carbocycles. The molecule has 0 radical (unpaired) electrons.